The van der Waals surface area contributed by atoms with Crippen LogP contribution in [0, 0.1) is 0 Å². The van der Waals surface area contributed by atoms with Gasteiger partial charge in [0.05, 0.1) is 15.7 Å². The first kappa shape index (κ1) is 9.79. The van der Waals surface area contributed by atoms with Crippen LogP contribution in [-0.2, 0) is 0 Å². The molecule has 0 bridgehead atoms. The summed E-state index contributed by atoms with van der Waals surface area (Å²) < 4.78 is 37.0. The van der Waals surface area contributed by atoms with Gasteiger partial charge in [-0.2, -0.15) is 13.2 Å². The summed E-state index contributed by atoms with van der Waals surface area (Å²) in [6.07, 6.45) is 0. The van der Waals surface area contributed by atoms with E-state index in [9.17, 15) is 13.2 Å². The molecule has 1 heterocycles. The van der Waals surface area contributed by atoms with Crippen LogP contribution in [0.15, 0.2) is 28.6 Å². The molecule has 6 heteroatoms. The standard InChI is InChI=1S/C8H4F3NS2/c9-8(10,11)14-6-3-1-2-5-7(6)13-4-12-5/h1-4H. The van der Waals surface area contributed by atoms with Gasteiger partial charge in [0.1, 0.15) is 0 Å². The van der Waals surface area contributed by atoms with E-state index in [0.29, 0.717) is 10.2 Å². The van der Waals surface area contributed by atoms with Gasteiger partial charge in [0.25, 0.3) is 0 Å². The zero-order valence-electron chi connectivity index (χ0n) is 6.71. The molecule has 74 valence electrons. The number of alkyl halides is 3. The molecule has 0 spiro atoms. The Morgan fingerprint density at radius 3 is 2.79 bits per heavy atom. The van der Waals surface area contributed by atoms with E-state index in [1.165, 1.54) is 17.4 Å². The SMILES string of the molecule is FC(F)(F)Sc1cccc2ncsc12. The summed E-state index contributed by atoms with van der Waals surface area (Å²) in [5, 5.41) is 0. The highest BCUT2D eigenvalue weighted by Crippen LogP contribution is 2.40. The molecule has 1 nitrogen and oxygen atoms in total. The van der Waals surface area contributed by atoms with Gasteiger partial charge in [-0.15, -0.1) is 11.3 Å². The number of fused-ring (bicyclic) bond motifs is 1. The number of thiazole rings is 1. The van der Waals surface area contributed by atoms with E-state index >= 15 is 0 Å². The normalized spacial score (nSPS) is 12.2. The summed E-state index contributed by atoms with van der Waals surface area (Å²) in [5.41, 5.74) is -2.08. The monoisotopic (exact) mass is 235 g/mol. The molecular weight excluding hydrogens is 231 g/mol. The highest BCUT2D eigenvalue weighted by atomic mass is 32.2. The summed E-state index contributed by atoms with van der Waals surface area (Å²) in [4.78, 5) is 4.17. The minimum absolute atomic E-state index is 0.0947. The maximum Gasteiger partial charge on any atom is 0.446 e. The van der Waals surface area contributed by atoms with Crippen molar-refractivity contribution in [2.24, 2.45) is 0 Å². The fourth-order valence-corrected chi connectivity index (χ4v) is 2.63. The van der Waals surface area contributed by atoms with Crippen LogP contribution in [0.4, 0.5) is 13.2 Å². The second-order valence-corrected chi connectivity index (χ2v) is 4.47. The second kappa shape index (κ2) is 3.43. The molecule has 0 radical (unpaired) electrons. The zero-order chi connectivity index (χ0) is 10.2. The van der Waals surface area contributed by atoms with Gasteiger partial charge in [-0.25, -0.2) is 4.98 Å². The van der Waals surface area contributed by atoms with Crippen LogP contribution in [-0.4, -0.2) is 10.5 Å². The Morgan fingerprint density at radius 1 is 1.29 bits per heavy atom. The summed E-state index contributed by atoms with van der Waals surface area (Å²) in [5.74, 6) is 0. The topological polar surface area (TPSA) is 12.9 Å². The first-order valence-electron chi connectivity index (χ1n) is 3.64. The number of hydrogen-bond donors (Lipinski definition) is 0. The molecule has 2 aromatic rings. The molecule has 0 fully saturated rings. The first-order valence-corrected chi connectivity index (χ1v) is 5.34. The fraction of sp³-hybridized carbons (Fsp3) is 0.125. The average Bonchev–Trinajstić information content (AvgIpc) is 2.49. The molecule has 0 amide bonds. The number of nitrogens with zero attached hydrogens (tertiary/aromatic N) is 1. The van der Waals surface area contributed by atoms with E-state index in [2.05, 4.69) is 4.98 Å². The largest absolute Gasteiger partial charge is 0.446 e. The molecule has 1 aromatic heterocycles. The molecule has 0 N–H and O–H groups in total. The Bertz CT molecular complexity index is 449. The van der Waals surface area contributed by atoms with E-state index in [-0.39, 0.29) is 16.7 Å². The van der Waals surface area contributed by atoms with Crippen LogP contribution < -0.4 is 0 Å². The number of hydrogen-bond acceptors (Lipinski definition) is 3. The summed E-state index contributed by atoms with van der Waals surface area (Å²) >= 11 is 1.13. The van der Waals surface area contributed by atoms with Crippen molar-refractivity contribution < 1.29 is 13.2 Å². The van der Waals surface area contributed by atoms with Crippen LogP contribution in [0.1, 0.15) is 0 Å². The fourth-order valence-electron chi connectivity index (χ4n) is 1.07. The Balaban J connectivity index is 2.46. The molecule has 1 aromatic carbocycles. The number of benzene rings is 1. The van der Waals surface area contributed by atoms with Gasteiger partial charge >= 0.3 is 5.51 Å². The molecule has 0 aliphatic heterocycles. The Morgan fingerprint density at radius 2 is 2.07 bits per heavy atom. The average molecular weight is 235 g/mol. The van der Waals surface area contributed by atoms with E-state index < -0.39 is 5.51 Å². The quantitative estimate of drug-likeness (QED) is 0.695. The van der Waals surface area contributed by atoms with Gasteiger partial charge in [-0.3, -0.25) is 0 Å². The maximum absolute atomic E-state index is 12.1. The molecule has 0 aliphatic rings. The third kappa shape index (κ3) is 2.01. The predicted molar refractivity (Wildman–Crippen MR) is 51.5 cm³/mol. The lowest BCUT2D eigenvalue weighted by atomic mass is 10.3. The van der Waals surface area contributed by atoms with Gasteiger partial charge < -0.3 is 0 Å². The highest BCUT2D eigenvalue weighted by Gasteiger charge is 2.30. The molecule has 0 aliphatic carbocycles. The lowest BCUT2D eigenvalue weighted by Gasteiger charge is -2.05. The van der Waals surface area contributed by atoms with E-state index in [4.69, 9.17) is 0 Å². The third-order valence-corrected chi connectivity index (χ3v) is 3.34. The maximum atomic E-state index is 12.1. The van der Waals surface area contributed by atoms with Crippen molar-refractivity contribution in [3.8, 4) is 0 Å². The van der Waals surface area contributed by atoms with Crippen molar-refractivity contribution in [1.82, 2.24) is 4.98 Å². The van der Waals surface area contributed by atoms with Crippen LogP contribution >= 0.6 is 23.1 Å². The molecule has 0 atom stereocenters. The van der Waals surface area contributed by atoms with Gasteiger partial charge in [-0.05, 0) is 23.9 Å². The van der Waals surface area contributed by atoms with Crippen LogP contribution in [0.2, 0.25) is 0 Å². The number of thioether (sulfide) groups is 1. The lowest BCUT2D eigenvalue weighted by molar-refractivity contribution is -0.0327. The second-order valence-electron chi connectivity index (χ2n) is 2.50. The number of aromatic nitrogens is 1. The third-order valence-electron chi connectivity index (χ3n) is 1.55. The Kier molecular flexibility index (Phi) is 2.40. The van der Waals surface area contributed by atoms with E-state index in [0.717, 1.165) is 0 Å². The predicted octanol–water partition coefficient (Wildman–Crippen LogP) is 3.91. The Hall–Kier alpha value is -0.750. The van der Waals surface area contributed by atoms with Crippen molar-refractivity contribution in [1.29, 1.82) is 0 Å². The molecule has 0 saturated heterocycles. The van der Waals surface area contributed by atoms with E-state index in [1.54, 1.807) is 17.6 Å². The minimum atomic E-state index is -4.24. The molecule has 2 rings (SSSR count). The van der Waals surface area contributed by atoms with Crippen molar-refractivity contribution in [2.75, 3.05) is 0 Å². The van der Waals surface area contributed by atoms with Crippen LogP contribution in [0.5, 0.6) is 0 Å². The molecular formula is C8H4F3NS2. The molecule has 14 heavy (non-hydrogen) atoms. The number of rotatable bonds is 1. The molecule has 0 saturated carbocycles. The van der Waals surface area contributed by atoms with Crippen LogP contribution in [0.3, 0.4) is 0 Å². The van der Waals surface area contributed by atoms with Crippen molar-refractivity contribution >= 4 is 33.3 Å². The zero-order valence-corrected chi connectivity index (χ0v) is 8.34. The van der Waals surface area contributed by atoms with Crippen molar-refractivity contribution in [2.45, 2.75) is 10.4 Å². The van der Waals surface area contributed by atoms with Crippen LogP contribution in [0.25, 0.3) is 10.2 Å². The lowest BCUT2D eigenvalue weighted by Crippen LogP contribution is -1.98. The summed E-state index contributed by atoms with van der Waals surface area (Å²) in [6.45, 7) is 0. The first-order chi connectivity index (χ1) is 6.56. The van der Waals surface area contributed by atoms with Gasteiger partial charge in [0.2, 0.25) is 0 Å². The summed E-state index contributed by atoms with van der Waals surface area (Å²) in [7, 11) is 0. The summed E-state index contributed by atoms with van der Waals surface area (Å²) in [6, 6.07) is 4.74. The number of halogens is 3. The Labute approximate surface area is 86.0 Å². The van der Waals surface area contributed by atoms with Crippen molar-refractivity contribution in [3.63, 3.8) is 0 Å². The van der Waals surface area contributed by atoms with Gasteiger partial charge in [-0.1, -0.05) is 6.07 Å². The van der Waals surface area contributed by atoms with Gasteiger partial charge in [0, 0.05) is 4.90 Å². The smallest absolute Gasteiger partial charge is 0.245 e. The van der Waals surface area contributed by atoms with Gasteiger partial charge in [0.15, 0.2) is 0 Å². The molecule has 0 unspecified atom stereocenters. The van der Waals surface area contributed by atoms with Crippen molar-refractivity contribution in [3.05, 3.63) is 23.7 Å². The minimum Gasteiger partial charge on any atom is -0.245 e. The van der Waals surface area contributed by atoms with E-state index in [1.807, 2.05) is 0 Å². The highest BCUT2D eigenvalue weighted by molar-refractivity contribution is 8.00.